The smallest absolute Gasteiger partial charge is 0.243 e. The molecule has 0 saturated carbocycles. The van der Waals surface area contributed by atoms with Gasteiger partial charge in [-0.1, -0.05) is 12.1 Å². The van der Waals surface area contributed by atoms with Gasteiger partial charge in [0.15, 0.2) is 0 Å². The molecule has 1 amide bonds. The molecular weight excluding hydrogens is 391 g/mol. The topological polar surface area (TPSA) is 55.6 Å². The van der Waals surface area contributed by atoms with Gasteiger partial charge < -0.3 is 15.4 Å². The zero-order valence-corrected chi connectivity index (χ0v) is 14.8. The van der Waals surface area contributed by atoms with E-state index in [0.717, 1.165) is 20.6 Å². The summed E-state index contributed by atoms with van der Waals surface area (Å²) in [5, 5.41) is 0. The lowest BCUT2D eigenvalue weighted by Crippen LogP contribution is -2.43. The summed E-state index contributed by atoms with van der Waals surface area (Å²) in [5.41, 5.74) is 7.94. The van der Waals surface area contributed by atoms with Crippen LogP contribution in [0.5, 0.6) is 5.75 Å². The van der Waals surface area contributed by atoms with E-state index in [9.17, 15) is 4.79 Å². The molecule has 2 N–H and O–H groups in total. The summed E-state index contributed by atoms with van der Waals surface area (Å²) in [7, 11) is 3.35. The summed E-state index contributed by atoms with van der Waals surface area (Å²) in [4.78, 5) is 14.0. The number of halogens is 1. The number of nitrogens with zero attached hydrogens (tertiary/aromatic N) is 1. The standard InChI is InChI=1S/C17H19IN2O2/c1-20(14-6-8-15(22-2)9-7-14)17(21)16(19)11-12-4-3-5-13(18)10-12/h3-10,16H,11,19H2,1-2H3/t16-/m0/s1. The van der Waals surface area contributed by atoms with Crippen LogP contribution in [0.1, 0.15) is 5.56 Å². The highest BCUT2D eigenvalue weighted by Crippen LogP contribution is 2.19. The van der Waals surface area contributed by atoms with E-state index in [-0.39, 0.29) is 5.91 Å². The van der Waals surface area contributed by atoms with E-state index in [1.807, 2.05) is 48.5 Å². The summed E-state index contributed by atoms with van der Waals surface area (Å²) in [6.07, 6.45) is 0.524. The molecule has 0 bridgehead atoms. The van der Waals surface area contributed by atoms with Crippen molar-refractivity contribution in [2.75, 3.05) is 19.1 Å². The molecule has 0 aliphatic rings. The minimum atomic E-state index is -0.565. The number of hydrogen-bond donors (Lipinski definition) is 1. The van der Waals surface area contributed by atoms with Crippen molar-refractivity contribution in [2.24, 2.45) is 5.73 Å². The van der Waals surface area contributed by atoms with Gasteiger partial charge in [0.1, 0.15) is 5.75 Å². The Labute approximate surface area is 144 Å². The number of carbonyl (C=O) groups excluding carboxylic acids is 1. The Kier molecular flexibility index (Phi) is 5.79. The Morgan fingerprint density at radius 3 is 2.55 bits per heavy atom. The van der Waals surface area contributed by atoms with Crippen LogP contribution in [0.4, 0.5) is 5.69 Å². The fraction of sp³-hybridized carbons (Fsp3) is 0.235. The maximum atomic E-state index is 12.5. The summed E-state index contributed by atoms with van der Waals surface area (Å²) in [5.74, 6) is 0.650. The molecule has 116 valence electrons. The number of ether oxygens (including phenoxy) is 1. The third-order valence-electron chi connectivity index (χ3n) is 3.45. The Balaban J connectivity index is 2.05. The van der Waals surface area contributed by atoms with Gasteiger partial charge >= 0.3 is 0 Å². The van der Waals surface area contributed by atoms with E-state index in [1.54, 1.807) is 19.1 Å². The summed E-state index contributed by atoms with van der Waals surface area (Å²) in [6, 6.07) is 14.8. The molecule has 4 nitrogen and oxygen atoms in total. The van der Waals surface area contributed by atoms with Crippen molar-refractivity contribution in [3.63, 3.8) is 0 Å². The lowest BCUT2D eigenvalue weighted by molar-refractivity contribution is -0.119. The number of anilines is 1. The molecule has 2 rings (SSSR count). The Hall–Kier alpha value is -1.60. The van der Waals surface area contributed by atoms with Crippen molar-refractivity contribution >= 4 is 34.2 Å². The molecule has 0 aliphatic carbocycles. The van der Waals surface area contributed by atoms with E-state index in [4.69, 9.17) is 10.5 Å². The van der Waals surface area contributed by atoms with E-state index in [1.165, 1.54) is 0 Å². The third-order valence-corrected chi connectivity index (χ3v) is 4.12. The van der Waals surface area contributed by atoms with Crippen molar-refractivity contribution < 1.29 is 9.53 Å². The first kappa shape index (κ1) is 16.8. The molecule has 0 heterocycles. The minimum absolute atomic E-state index is 0.107. The van der Waals surface area contributed by atoms with Crippen LogP contribution >= 0.6 is 22.6 Å². The van der Waals surface area contributed by atoms with Gasteiger partial charge in [-0.2, -0.15) is 0 Å². The van der Waals surface area contributed by atoms with Crippen LogP contribution in [0, 0.1) is 3.57 Å². The van der Waals surface area contributed by atoms with Crippen molar-refractivity contribution in [2.45, 2.75) is 12.5 Å². The van der Waals surface area contributed by atoms with Gasteiger partial charge in [0.2, 0.25) is 5.91 Å². The van der Waals surface area contributed by atoms with Crippen molar-refractivity contribution in [3.05, 3.63) is 57.7 Å². The van der Waals surface area contributed by atoms with Gasteiger partial charge in [-0.3, -0.25) is 4.79 Å². The van der Waals surface area contributed by atoms with Crippen LogP contribution in [0.15, 0.2) is 48.5 Å². The van der Waals surface area contributed by atoms with Gasteiger partial charge in [0.25, 0.3) is 0 Å². The average Bonchev–Trinajstić information content (AvgIpc) is 2.53. The zero-order valence-electron chi connectivity index (χ0n) is 12.6. The van der Waals surface area contributed by atoms with Gasteiger partial charge in [-0.15, -0.1) is 0 Å². The number of nitrogens with two attached hydrogens (primary N) is 1. The predicted octanol–water partition coefficient (Wildman–Crippen LogP) is 2.83. The summed E-state index contributed by atoms with van der Waals surface area (Å²) in [6.45, 7) is 0. The summed E-state index contributed by atoms with van der Waals surface area (Å²) < 4.78 is 6.26. The SMILES string of the molecule is COc1ccc(N(C)C(=O)[C@@H](N)Cc2cccc(I)c2)cc1. The average molecular weight is 410 g/mol. The fourth-order valence-corrected chi connectivity index (χ4v) is 2.79. The highest BCUT2D eigenvalue weighted by Gasteiger charge is 2.19. The van der Waals surface area contributed by atoms with E-state index in [0.29, 0.717) is 6.42 Å². The van der Waals surface area contributed by atoms with E-state index < -0.39 is 6.04 Å². The number of benzene rings is 2. The maximum Gasteiger partial charge on any atom is 0.243 e. The Morgan fingerprint density at radius 1 is 1.27 bits per heavy atom. The molecule has 0 radical (unpaired) electrons. The second-order valence-electron chi connectivity index (χ2n) is 5.04. The molecule has 2 aromatic rings. The van der Waals surface area contributed by atoms with Crippen molar-refractivity contribution in [1.29, 1.82) is 0 Å². The molecule has 5 heteroatoms. The number of methoxy groups -OCH3 is 1. The van der Waals surface area contributed by atoms with Crippen LogP contribution in [0.25, 0.3) is 0 Å². The lowest BCUT2D eigenvalue weighted by Gasteiger charge is -2.21. The minimum Gasteiger partial charge on any atom is -0.497 e. The van der Waals surface area contributed by atoms with E-state index >= 15 is 0 Å². The van der Waals surface area contributed by atoms with Crippen LogP contribution in [-0.4, -0.2) is 26.1 Å². The van der Waals surface area contributed by atoms with Crippen LogP contribution < -0.4 is 15.4 Å². The molecule has 0 aliphatic heterocycles. The predicted molar refractivity (Wildman–Crippen MR) is 97.2 cm³/mol. The second kappa shape index (κ2) is 7.60. The first-order chi connectivity index (χ1) is 10.5. The zero-order chi connectivity index (χ0) is 16.1. The highest BCUT2D eigenvalue weighted by atomic mass is 127. The monoisotopic (exact) mass is 410 g/mol. The van der Waals surface area contributed by atoms with E-state index in [2.05, 4.69) is 22.6 Å². The van der Waals surface area contributed by atoms with Crippen molar-refractivity contribution in [3.8, 4) is 5.75 Å². The summed E-state index contributed by atoms with van der Waals surface area (Å²) >= 11 is 2.25. The largest absolute Gasteiger partial charge is 0.497 e. The number of carbonyl (C=O) groups is 1. The molecule has 0 fully saturated rings. The second-order valence-corrected chi connectivity index (χ2v) is 6.28. The van der Waals surface area contributed by atoms with Gasteiger partial charge in [0.05, 0.1) is 13.2 Å². The number of rotatable bonds is 5. The van der Waals surface area contributed by atoms with Crippen LogP contribution in [-0.2, 0) is 11.2 Å². The number of likely N-dealkylation sites (N-methyl/N-ethyl adjacent to an activating group) is 1. The lowest BCUT2D eigenvalue weighted by atomic mass is 10.1. The molecular formula is C17H19IN2O2. The quantitative estimate of drug-likeness (QED) is 0.772. The molecule has 2 aromatic carbocycles. The number of amides is 1. The highest BCUT2D eigenvalue weighted by molar-refractivity contribution is 14.1. The molecule has 0 aromatic heterocycles. The molecule has 0 saturated heterocycles. The molecule has 0 unspecified atom stereocenters. The first-order valence-corrected chi connectivity index (χ1v) is 8.01. The Bertz CT molecular complexity index is 643. The fourth-order valence-electron chi connectivity index (χ4n) is 2.19. The van der Waals surface area contributed by atoms with Gasteiger partial charge in [-0.25, -0.2) is 0 Å². The molecule has 0 spiro atoms. The normalized spacial score (nSPS) is 11.8. The van der Waals surface area contributed by atoms with Crippen LogP contribution in [0.3, 0.4) is 0 Å². The first-order valence-electron chi connectivity index (χ1n) is 6.93. The molecule has 22 heavy (non-hydrogen) atoms. The molecule has 1 atom stereocenters. The number of hydrogen-bond acceptors (Lipinski definition) is 3. The Morgan fingerprint density at radius 2 is 1.95 bits per heavy atom. The third kappa shape index (κ3) is 4.20. The van der Waals surface area contributed by atoms with Gasteiger partial charge in [-0.05, 0) is 71.0 Å². The van der Waals surface area contributed by atoms with Crippen LogP contribution in [0.2, 0.25) is 0 Å². The van der Waals surface area contributed by atoms with Crippen molar-refractivity contribution in [1.82, 2.24) is 0 Å². The van der Waals surface area contributed by atoms with Gasteiger partial charge in [0, 0.05) is 16.3 Å². The maximum absolute atomic E-state index is 12.5.